The highest BCUT2D eigenvalue weighted by molar-refractivity contribution is 5.14. The van der Waals surface area contributed by atoms with Crippen LogP contribution in [-0.4, -0.2) is 6.04 Å². The molecule has 0 fully saturated rings. The molecule has 2 atom stereocenters. The largest absolute Gasteiger partial charge is 0.328 e. The predicted octanol–water partition coefficient (Wildman–Crippen LogP) is 4.80. The van der Waals surface area contributed by atoms with E-state index in [0.29, 0.717) is 11.5 Å². The summed E-state index contributed by atoms with van der Waals surface area (Å²) in [4.78, 5) is 0. The van der Waals surface area contributed by atoms with Gasteiger partial charge in [0.15, 0.2) is 0 Å². The molecule has 0 aromatic heterocycles. The summed E-state index contributed by atoms with van der Waals surface area (Å²) < 4.78 is 0. The minimum Gasteiger partial charge on any atom is -0.328 e. The first-order valence-electron chi connectivity index (χ1n) is 7.66. The number of benzene rings is 1. The van der Waals surface area contributed by atoms with Gasteiger partial charge in [-0.2, -0.15) is 0 Å². The lowest BCUT2D eigenvalue weighted by Gasteiger charge is -2.25. The summed E-state index contributed by atoms with van der Waals surface area (Å²) >= 11 is 0. The van der Waals surface area contributed by atoms with E-state index in [0.717, 1.165) is 25.2 Å². The molecule has 0 radical (unpaired) electrons. The summed E-state index contributed by atoms with van der Waals surface area (Å²) in [5.74, 6) is 0.728. The highest BCUT2D eigenvalue weighted by Gasteiger charge is 2.17. The molecular weight excluding hydrogens is 230 g/mol. The van der Waals surface area contributed by atoms with E-state index in [1.165, 1.54) is 18.4 Å². The second-order valence-corrected chi connectivity index (χ2v) is 7.24. The third-order valence-electron chi connectivity index (χ3n) is 3.55. The van der Waals surface area contributed by atoms with Gasteiger partial charge in [-0.25, -0.2) is 0 Å². The maximum absolute atomic E-state index is 6.26. The summed E-state index contributed by atoms with van der Waals surface area (Å²) in [6, 6.07) is 11.1. The fourth-order valence-electron chi connectivity index (χ4n) is 2.98. The van der Waals surface area contributed by atoms with Crippen molar-refractivity contribution in [3.63, 3.8) is 0 Å². The molecule has 0 aliphatic rings. The number of hydrogen-bond donors (Lipinski definition) is 1. The lowest BCUT2D eigenvalue weighted by molar-refractivity contribution is 0.282. The van der Waals surface area contributed by atoms with Crippen molar-refractivity contribution in [2.24, 2.45) is 17.1 Å². The van der Waals surface area contributed by atoms with Crippen LogP contribution in [0.2, 0.25) is 0 Å². The fourth-order valence-corrected chi connectivity index (χ4v) is 2.98. The van der Waals surface area contributed by atoms with Gasteiger partial charge in [0.1, 0.15) is 0 Å². The molecule has 0 saturated carbocycles. The van der Waals surface area contributed by atoms with Gasteiger partial charge in [0, 0.05) is 6.04 Å². The van der Waals surface area contributed by atoms with Crippen molar-refractivity contribution in [3.8, 4) is 0 Å². The number of nitrogens with two attached hydrogens (primary N) is 1. The SMILES string of the molecule is CC(CC(N)CCCc1ccccc1)CC(C)(C)C. The van der Waals surface area contributed by atoms with Crippen LogP contribution in [0.15, 0.2) is 30.3 Å². The van der Waals surface area contributed by atoms with Crippen molar-refractivity contribution in [2.75, 3.05) is 0 Å². The van der Waals surface area contributed by atoms with Crippen molar-refractivity contribution in [3.05, 3.63) is 35.9 Å². The zero-order chi connectivity index (χ0) is 14.3. The second-order valence-electron chi connectivity index (χ2n) is 7.24. The summed E-state index contributed by atoms with van der Waals surface area (Å²) in [6.45, 7) is 9.27. The standard InChI is InChI=1S/C18H31N/c1-15(14-18(2,3)4)13-17(19)12-8-11-16-9-6-5-7-10-16/h5-7,9-10,15,17H,8,11-14,19H2,1-4H3. The zero-order valence-corrected chi connectivity index (χ0v) is 13.2. The van der Waals surface area contributed by atoms with Gasteiger partial charge in [0.25, 0.3) is 0 Å². The van der Waals surface area contributed by atoms with Crippen molar-refractivity contribution in [1.29, 1.82) is 0 Å². The summed E-state index contributed by atoms with van der Waals surface area (Å²) in [5, 5.41) is 0. The molecule has 1 rings (SSSR count). The van der Waals surface area contributed by atoms with Gasteiger partial charge in [0.05, 0.1) is 0 Å². The molecule has 108 valence electrons. The van der Waals surface area contributed by atoms with E-state index in [-0.39, 0.29) is 0 Å². The first-order valence-corrected chi connectivity index (χ1v) is 7.66. The Labute approximate surface area is 119 Å². The third kappa shape index (κ3) is 8.05. The molecule has 0 aliphatic heterocycles. The Hall–Kier alpha value is -0.820. The van der Waals surface area contributed by atoms with Crippen molar-refractivity contribution >= 4 is 0 Å². The quantitative estimate of drug-likeness (QED) is 0.749. The highest BCUT2D eigenvalue weighted by Crippen LogP contribution is 2.27. The normalized spacial score (nSPS) is 15.2. The first kappa shape index (κ1) is 16.2. The van der Waals surface area contributed by atoms with Crippen LogP contribution < -0.4 is 5.73 Å². The predicted molar refractivity (Wildman–Crippen MR) is 85.2 cm³/mol. The third-order valence-corrected chi connectivity index (χ3v) is 3.55. The molecular formula is C18H31N. The monoisotopic (exact) mass is 261 g/mol. The van der Waals surface area contributed by atoms with Crippen LogP contribution in [0.3, 0.4) is 0 Å². The van der Waals surface area contributed by atoms with Gasteiger partial charge in [-0.3, -0.25) is 0 Å². The number of hydrogen-bond acceptors (Lipinski definition) is 1. The van der Waals surface area contributed by atoms with Crippen LogP contribution in [0.25, 0.3) is 0 Å². The van der Waals surface area contributed by atoms with Gasteiger partial charge >= 0.3 is 0 Å². The molecule has 0 heterocycles. The Morgan fingerprint density at radius 3 is 2.32 bits per heavy atom. The molecule has 1 heteroatoms. The minimum atomic E-state index is 0.362. The maximum atomic E-state index is 6.26. The molecule has 0 amide bonds. The van der Waals surface area contributed by atoms with E-state index in [9.17, 15) is 0 Å². The molecule has 0 spiro atoms. The molecule has 0 aliphatic carbocycles. The topological polar surface area (TPSA) is 26.0 Å². The average Bonchev–Trinajstić information content (AvgIpc) is 2.27. The average molecular weight is 261 g/mol. The van der Waals surface area contributed by atoms with Crippen molar-refractivity contribution < 1.29 is 0 Å². The van der Waals surface area contributed by atoms with Gasteiger partial charge in [-0.15, -0.1) is 0 Å². The maximum Gasteiger partial charge on any atom is 0.00414 e. The van der Waals surface area contributed by atoms with Crippen molar-refractivity contribution in [2.45, 2.75) is 65.8 Å². The Bertz CT molecular complexity index is 336. The molecule has 19 heavy (non-hydrogen) atoms. The first-order chi connectivity index (χ1) is 8.87. The van der Waals surface area contributed by atoms with E-state index in [1.54, 1.807) is 0 Å². The Morgan fingerprint density at radius 2 is 1.74 bits per heavy atom. The Morgan fingerprint density at radius 1 is 1.11 bits per heavy atom. The molecule has 0 bridgehead atoms. The van der Waals surface area contributed by atoms with Crippen LogP contribution in [0.4, 0.5) is 0 Å². The smallest absolute Gasteiger partial charge is 0.00414 e. The van der Waals surface area contributed by atoms with Gasteiger partial charge in [0.2, 0.25) is 0 Å². The lowest BCUT2D eigenvalue weighted by atomic mass is 9.82. The van der Waals surface area contributed by atoms with Crippen LogP contribution in [0.5, 0.6) is 0 Å². The summed E-state index contributed by atoms with van der Waals surface area (Å²) in [5.41, 5.74) is 8.11. The highest BCUT2D eigenvalue weighted by atomic mass is 14.6. The summed E-state index contributed by atoms with van der Waals surface area (Å²) in [6.07, 6.45) is 5.92. The van der Waals surface area contributed by atoms with Crippen molar-refractivity contribution in [1.82, 2.24) is 0 Å². The van der Waals surface area contributed by atoms with E-state index < -0.39 is 0 Å². The number of aryl methyl sites for hydroxylation is 1. The van der Waals surface area contributed by atoms with Crippen LogP contribution in [0.1, 0.15) is 58.9 Å². The molecule has 1 aromatic carbocycles. The van der Waals surface area contributed by atoms with Crippen LogP contribution >= 0.6 is 0 Å². The molecule has 1 nitrogen and oxygen atoms in total. The van der Waals surface area contributed by atoms with E-state index >= 15 is 0 Å². The van der Waals surface area contributed by atoms with Gasteiger partial charge < -0.3 is 5.73 Å². The Kier molecular flexibility index (Phi) is 6.57. The van der Waals surface area contributed by atoms with Crippen LogP contribution in [-0.2, 0) is 6.42 Å². The Balaban J connectivity index is 2.19. The molecule has 1 aromatic rings. The fraction of sp³-hybridized carbons (Fsp3) is 0.667. The van der Waals surface area contributed by atoms with Crippen LogP contribution in [0, 0.1) is 11.3 Å². The van der Waals surface area contributed by atoms with Gasteiger partial charge in [-0.1, -0.05) is 58.0 Å². The summed E-state index contributed by atoms with van der Waals surface area (Å²) in [7, 11) is 0. The van der Waals surface area contributed by atoms with E-state index in [4.69, 9.17) is 5.73 Å². The molecule has 0 saturated heterocycles. The number of rotatable bonds is 7. The minimum absolute atomic E-state index is 0.362. The second kappa shape index (κ2) is 7.69. The lowest BCUT2D eigenvalue weighted by Crippen LogP contribution is -2.24. The van der Waals surface area contributed by atoms with E-state index in [1.807, 2.05) is 0 Å². The zero-order valence-electron chi connectivity index (χ0n) is 13.2. The molecule has 2 N–H and O–H groups in total. The van der Waals surface area contributed by atoms with Gasteiger partial charge in [-0.05, 0) is 49.0 Å². The molecule has 2 unspecified atom stereocenters. The van der Waals surface area contributed by atoms with E-state index in [2.05, 4.69) is 58.0 Å².